The fourth-order valence-corrected chi connectivity index (χ4v) is 2.15. The maximum absolute atomic E-state index is 13.1. The quantitative estimate of drug-likeness (QED) is 0.901. The van der Waals surface area contributed by atoms with Crippen molar-refractivity contribution < 1.29 is 13.5 Å². The van der Waals surface area contributed by atoms with Gasteiger partial charge >= 0.3 is 0 Å². The van der Waals surface area contributed by atoms with Gasteiger partial charge in [-0.3, -0.25) is 0 Å². The SMILES string of the molecule is COc1ccc(Br)cc1CNc1cc(F)cc(F)c1. The molecule has 0 atom stereocenters. The van der Waals surface area contributed by atoms with E-state index in [4.69, 9.17) is 4.74 Å². The number of halogens is 3. The van der Waals surface area contributed by atoms with Gasteiger partial charge in [0.25, 0.3) is 0 Å². The lowest BCUT2D eigenvalue weighted by Gasteiger charge is -2.11. The number of anilines is 1. The van der Waals surface area contributed by atoms with Crippen LogP contribution in [0.2, 0.25) is 0 Å². The van der Waals surface area contributed by atoms with Gasteiger partial charge in [-0.25, -0.2) is 8.78 Å². The second-order valence-corrected chi connectivity index (χ2v) is 4.88. The molecule has 100 valence electrons. The Hall–Kier alpha value is -1.62. The van der Waals surface area contributed by atoms with E-state index >= 15 is 0 Å². The molecular weight excluding hydrogens is 316 g/mol. The van der Waals surface area contributed by atoms with E-state index in [9.17, 15) is 8.78 Å². The zero-order valence-corrected chi connectivity index (χ0v) is 11.8. The lowest BCUT2D eigenvalue weighted by Crippen LogP contribution is -2.02. The Morgan fingerprint density at radius 3 is 2.42 bits per heavy atom. The second-order valence-electron chi connectivity index (χ2n) is 3.97. The molecule has 0 amide bonds. The van der Waals surface area contributed by atoms with Crippen molar-refractivity contribution in [1.29, 1.82) is 0 Å². The molecule has 2 aromatic carbocycles. The largest absolute Gasteiger partial charge is 0.496 e. The summed E-state index contributed by atoms with van der Waals surface area (Å²) in [4.78, 5) is 0. The number of ether oxygens (including phenoxy) is 1. The predicted molar refractivity (Wildman–Crippen MR) is 74.4 cm³/mol. The Bertz CT molecular complexity index is 569. The molecule has 0 spiro atoms. The van der Waals surface area contributed by atoms with Crippen molar-refractivity contribution in [1.82, 2.24) is 0 Å². The van der Waals surface area contributed by atoms with Crippen LogP contribution in [0, 0.1) is 11.6 Å². The molecule has 0 saturated heterocycles. The summed E-state index contributed by atoms with van der Waals surface area (Å²) in [5.74, 6) is -0.500. The molecule has 0 heterocycles. The molecule has 2 nitrogen and oxygen atoms in total. The highest BCUT2D eigenvalue weighted by atomic mass is 79.9. The summed E-state index contributed by atoms with van der Waals surface area (Å²) in [6, 6.07) is 8.91. The summed E-state index contributed by atoms with van der Waals surface area (Å²) in [5.41, 5.74) is 1.28. The summed E-state index contributed by atoms with van der Waals surface area (Å²) in [6.07, 6.45) is 0. The van der Waals surface area contributed by atoms with Crippen LogP contribution in [-0.4, -0.2) is 7.11 Å². The van der Waals surface area contributed by atoms with Crippen molar-refractivity contribution in [3.05, 3.63) is 58.1 Å². The van der Waals surface area contributed by atoms with Gasteiger partial charge in [0.1, 0.15) is 17.4 Å². The van der Waals surface area contributed by atoms with Gasteiger partial charge in [0.05, 0.1) is 7.11 Å². The summed E-state index contributed by atoms with van der Waals surface area (Å²) in [7, 11) is 1.58. The van der Waals surface area contributed by atoms with Crippen molar-refractivity contribution in [2.24, 2.45) is 0 Å². The van der Waals surface area contributed by atoms with Crippen molar-refractivity contribution in [2.45, 2.75) is 6.54 Å². The van der Waals surface area contributed by atoms with E-state index in [0.717, 1.165) is 16.1 Å². The first kappa shape index (κ1) is 13.8. The highest BCUT2D eigenvalue weighted by Gasteiger charge is 2.05. The van der Waals surface area contributed by atoms with Crippen LogP contribution in [0.15, 0.2) is 40.9 Å². The number of hydrogen-bond acceptors (Lipinski definition) is 2. The maximum atomic E-state index is 13.1. The molecule has 1 N–H and O–H groups in total. The molecule has 0 aliphatic heterocycles. The van der Waals surface area contributed by atoms with Gasteiger partial charge in [-0.15, -0.1) is 0 Å². The molecule has 2 aromatic rings. The Balaban J connectivity index is 2.16. The summed E-state index contributed by atoms with van der Waals surface area (Å²) >= 11 is 3.37. The van der Waals surface area contributed by atoms with Gasteiger partial charge < -0.3 is 10.1 Å². The molecule has 0 aliphatic rings. The number of nitrogens with one attached hydrogen (secondary N) is 1. The van der Waals surface area contributed by atoms with Crippen LogP contribution in [0.3, 0.4) is 0 Å². The zero-order valence-electron chi connectivity index (χ0n) is 10.2. The van der Waals surface area contributed by atoms with E-state index < -0.39 is 11.6 Å². The van der Waals surface area contributed by atoms with Crippen LogP contribution < -0.4 is 10.1 Å². The first-order valence-corrected chi connectivity index (χ1v) is 6.40. The number of hydrogen-bond donors (Lipinski definition) is 1. The predicted octanol–water partition coefficient (Wildman–Crippen LogP) is 4.35. The molecule has 0 bridgehead atoms. The van der Waals surface area contributed by atoms with Crippen molar-refractivity contribution >= 4 is 21.6 Å². The van der Waals surface area contributed by atoms with Crippen LogP contribution in [-0.2, 0) is 6.54 Å². The van der Waals surface area contributed by atoms with E-state index in [1.165, 1.54) is 12.1 Å². The van der Waals surface area contributed by atoms with Gasteiger partial charge in [-0.1, -0.05) is 15.9 Å². The normalized spacial score (nSPS) is 10.3. The summed E-state index contributed by atoms with van der Waals surface area (Å²) in [5, 5.41) is 2.96. The van der Waals surface area contributed by atoms with Crippen LogP contribution in [0.1, 0.15) is 5.56 Å². The van der Waals surface area contributed by atoms with Gasteiger partial charge in [0.15, 0.2) is 0 Å². The monoisotopic (exact) mass is 327 g/mol. The second kappa shape index (κ2) is 6.02. The Morgan fingerprint density at radius 2 is 1.79 bits per heavy atom. The Kier molecular flexibility index (Phi) is 4.37. The van der Waals surface area contributed by atoms with E-state index in [0.29, 0.717) is 18.0 Å². The van der Waals surface area contributed by atoms with Gasteiger partial charge in [0.2, 0.25) is 0 Å². The molecule has 0 aromatic heterocycles. The minimum absolute atomic E-state index is 0.388. The fraction of sp³-hybridized carbons (Fsp3) is 0.143. The Morgan fingerprint density at radius 1 is 1.11 bits per heavy atom. The molecule has 0 aliphatic carbocycles. The standard InChI is InChI=1S/C14H12BrF2NO/c1-19-14-3-2-10(15)4-9(14)8-18-13-6-11(16)5-12(17)7-13/h2-7,18H,8H2,1H3. The maximum Gasteiger partial charge on any atom is 0.128 e. The van der Waals surface area contributed by atoms with Crippen molar-refractivity contribution in [2.75, 3.05) is 12.4 Å². The third-order valence-electron chi connectivity index (χ3n) is 2.59. The number of rotatable bonds is 4. The lowest BCUT2D eigenvalue weighted by atomic mass is 10.2. The highest BCUT2D eigenvalue weighted by Crippen LogP contribution is 2.24. The van der Waals surface area contributed by atoms with E-state index in [1.807, 2.05) is 18.2 Å². The molecule has 0 saturated carbocycles. The van der Waals surface area contributed by atoms with Crippen LogP contribution >= 0.6 is 15.9 Å². The smallest absolute Gasteiger partial charge is 0.128 e. The molecule has 19 heavy (non-hydrogen) atoms. The third-order valence-corrected chi connectivity index (χ3v) is 3.08. The van der Waals surface area contributed by atoms with Crippen LogP contribution in [0.25, 0.3) is 0 Å². The van der Waals surface area contributed by atoms with Gasteiger partial charge in [0, 0.05) is 28.3 Å². The fourth-order valence-electron chi connectivity index (χ4n) is 1.74. The van der Waals surface area contributed by atoms with Crippen molar-refractivity contribution in [3.8, 4) is 5.75 Å². The Labute approximate surface area is 118 Å². The number of benzene rings is 2. The molecule has 0 fully saturated rings. The van der Waals surface area contributed by atoms with Crippen LogP contribution in [0.5, 0.6) is 5.75 Å². The molecule has 5 heteroatoms. The zero-order chi connectivity index (χ0) is 13.8. The topological polar surface area (TPSA) is 21.3 Å². The van der Waals surface area contributed by atoms with Crippen molar-refractivity contribution in [3.63, 3.8) is 0 Å². The molecule has 2 rings (SSSR count). The average Bonchev–Trinajstić information content (AvgIpc) is 2.35. The van der Waals surface area contributed by atoms with Gasteiger partial charge in [-0.05, 0) is 30.3 Å². The van der Waals surface area contributed by atoms with Crippen LogP contribution in [0.4, 0.5) is 14.5 Å². The lowest BCUT2D eigenvalue weighted by molar-refractivity contribution is 0.410. The highest BCUT2D eigenvalue weighted by molar-refractivity contribution is 9.10. The molecule has 0 unspecified atom stereocenters. The first-order chi connectivity index (χ1) is 9.08. The molecule has 0 radical (unpaired) electrons. The third kappa shape index (κ3) is 3.67. The van der Waals surface area contributed by atoms with E-state index in [-0.39, 0.29) is 0 Å². The van der Waals surface area contributed by atoms with E-state index in [2.05, 4.69) is 21.2 Å². The minimum atomic E-state index is -0.608. The van der Waals surface area contributed by atoms with Gasteiger partial charge in [-0.2, -0.15) is 0 Å². The molecular formula is C14H12BrF2NO. The minimum Gasteiger partial charge on any atom is -0.496 e. The number of methoxy groups -OCH3 is 1. The average molecular weight is 328 g/mol. The first-order valence-electron chi connectivity index (χ1n) is 5.61. The summed E-state index contributed by atoms with van der Waals surface area (Å²) < 4.78 is 32.2. The van der Waals surface area contributed by atoms with E-state index in [1.54, 1.807) is 7.11 Å². The summed E-state index contributed by atoms with van der Waals surface area (Å²) in [6.45, 7) is 0.408.